The number of anilines is 1. The lowest BCUT2D eigenvalue weighted by atomic mass is 10.2. The molecule has 1 fully saturated rings. The highest BCUT2D eigenvalue weighted by Crippen LogP contribution is 2.30. The molecule has 10 nitrogen and oxygen atoms in total. The van der Waals surface area contributed by atoms with Crippen LogP contribution in [0.3, 0.4) is 0 Å². The summed E-state index contributed by atoms with van der Waals surface area (Å²) < 4.78 is 25.2. The zero-order valence-electron chi connectivity index (χ0n) is 18.1. The first-order valence-electron chi connectivity index (χ1n) is 10.2. The number of sulfone groups is 1. The summed E-state index contributed by atoms with van der Waals surface area (Å²) in [7, 11) is -3.57. The summed E-state index contributed by atoms with van der Waals surface area (Å²) in [6, 6.07) is 6.43. The minimum Gasteiger partial charge on any atom is -0.342 e. The minimum atomic E-state index is -3.57. The van der Waals surface area contributed by atoms with Crippen molar-refractivity contribution in [1.29, 1.82) is 0 Å². The molecule has 1 atom stereocenters. The maximum absolute atomic E-state index is 12.9. The van der Waals surface area contributed by atoms with E-state index in [0.29, 0.717) is 16.7 Å². The molecule has 0 radical (unpaired) electrons. The Kier molecular flexibility index (Phi) is 6.61. The van der Waals surface area contributed by atoms with E-state index in [4.69, 9.17) is 23.2 Å². The number of hydrogen-bond acceptors (Lipinski definition) is 7. The average molecular weight is 523 g/mol. The molecule has 178 valence electrons. The largest absolute Gasteiger partial charge is 0.342 e. The first-order valence-corrected chi connectivity index (χ1v) is 12.9. The molecule has 1 aromatic carbocycles. The second-order valence-electron chi connectivity index (χ2n) is 7.95. The van der Waals surface area contributed by atoms with Gasteiger partial charge in [-0.05, 0) is 50.1 Å². The lowest BCUT2D eigenvalue weighted by Crippen LogP contribution is -2.29. The molecule has 34 heavy (non-hydrogen) atoms. The monoisotopic (exact) mass is 522 g/mol. The highest BCUT2D eigenvalue weighted by molar-refractivity contribution is 7.90. The first-order chi connectivity index (χ1) is 16.0. The van der Waals surface area contributed by atoms with E-state index in [0.717, 1.165) is 19.1 Å². The van der Waals surface area contributed by atoms with Crippen LogP contribution in [-0.4, -0.2) is 46.2 Å². The van der Waals surface area contributed by atoms with E-state index in [-0.39, 0.29) is 33.3 Å². The van der Waals surface area contributed by atoms with Crippen LogP contribution in [0, 0.1) is 5.92 Å². The Balaban J connectivity index is 1.63. The molecular formula is C21H20Cl2N6O4S. The third-order valence-electron chi connectivity index (χ3n) is 5.04. The van der Waals surface area contributed by atoms with E-state index in [1.54, 1.807) is 19.1 Å². The highest BCUT2D eigenvalue weighted by atomic mass is 35.5. The molecule has 13 heteroatoms. The molecule has 4 rings (SSSR count). The molecule has 1 unspecified atom stereocenters. The van der Waals surface area contributed by atoms with Crippen LogP contribution in [-0.2, 0) is 14.6 Å². The molecule has 2 aromatic heterocycles. The lowest BCUT2D eigenvalue weighted by Gasteiger charge is -2.15. The molecule has 2 N–H and O–H groups in total. The molecule has 1 aliphatic carbocycles. The van der Waals surface area contributed by atoms with Crippen molar-refractivity contribution in [3.05, 3.63) is 58.0 Å². The van der Waals surface area contributed by atoms with Crippen LogP contribution in [0.25, 0.3) is 5.82 Å². The summed E-state index contributed by atoms with van der Waals surface area (Å²) in [5.41, 5.74) is 0.0673. The zero-order valence-corrected chi connectivity index (χ0v) is 20.4. The average Bonchev–Trinajstić information content (AvgIpc) is 3.54. The second kappa shape index (κ2) is 9.32. The van der Waals surface area contributed by atoms with E-state index >= 15 is 0 Å². The normalized spacial score (nSPS) is 14.5. The molecule has 2 heterocycles. The third kappa shape index (κ3) is 5.54. The fourth-order valence-electron chi connectivity index (χ4n) is 3.13. The number of nitrogens with one attached hydrogen (secondary N) is 2. The Morgan fingerprint density at radius 3 is 2.50 bits per heavy atom. The molecule has 0 bridgehead atoms. The number of hydrogen-bond donors (Lipinski definition) is 2. The molecule has 1 saturated carbocycles. The topological polar surface area (TPSA) is 136 Å². The molecular weight excluding hydrogens is 503 g/mol. The van der Waals surface area contributed by atoms with E-state index in [1.807, 2.05) is 0 Å². The lowest BCUT2D eigenvalue weighted by molar-refractivity contribution is -0.117. The standard InChI is InChI=1S/C21H20Cl2N6O4S/c1-11(25-20(31)13-7-15(23)9-16(8-13)34(2,32)33)18-26-21(27-19(30)12-3-4-12)28-29(18)17-6-5-14(22)10-24-17/h5-12H,3-4H2,1-2H3,(H,25,31)(H,27,28,30). The predicted octanol–water partition coefficient (Wildman–Crippen LogP) is 3.21. The summed E-state index contributed by atoms with van der Waals surface area (Å²) in [6.07, 6.45) is 4.11. The van der Waals surface area contributed by atoms with E-state index in [2.05, 4.69) is 25.7 Å². The molecule has 0 spiro atoms. The van der Waals surface area contributed by atoms with Crippen LogP contribution < -0.4 is 10.6 Å². The van der Waals surface area contributed by atoms with Crippen molar-refractivity contribution in [3.63, 3.8) is 0 Å². The second-order valence-corrected chi connectivity index (χ2v) is 10.8. The Morgan fingerprint density at radius 2 is 1.88 bits per heavy atom. The van der Waals surface area contributed by atoms with Crippen LogP contribution in [0.5, 0.6) is 0 Å². The van der Waals surface area contributed by atoms with Crippen LogP contribution in [0.4, 0.5) is 5.95 Å². The first kappa shape index (κ1) is 24.1. The third-order valence-corrected chi connectivity index (χ3v) is 6.57. The number of rotatable bonds is 7. The van der Waals surface area contributed by atoms with Crippen molar-refractivity contribution in [2.45, 2.75) is 30.7 Å². The molecule has 1 aliphatic rings. The number of pyridine rings is 1. The summed E-state index contributed by atoms with van der Waals surface area (Å²) in [4.78, 5) is 33.7. The number of carbonyl (C=O) groups excluding carboxylic acids is 2. The van der Waals surface area contributed by atoms with Crippen molar-refractivity contribution in [2.24, 2.45) is 5.92 Å². The molecule has 3 aromatic rings. The van der Waals surface area contributed by atoms with Gasteiger partial charge in [0.25, 0.3) is 5.91 Å². The van der Waals surface area contributed by atoms with Gasteiger partial charge in [0.2, 0.25) is 11.9 Å². The van der Waals surface area contributed by atoms with Gasteiger partial charge in [-0.1, -0.05) is 23.2 Å². The van der Waals surface area contributed by atoms with Crippen molar-refractivity contribution in [3.8, 4) is 5.82 Å². The molecule has 0 saturated heterocycles. The Labute approximate surface area is 205 Å². The van der Waals surface area contributed by atoms with E-state index < -0.39 is 21.8 Å². The van der Waals surface area contributed by atoms with Gasteiger partial charge < -0.3 is 5.32 Å². The van der Waals surface area contributed by atoms with Gasteiger partial charge in [-0.2, -0.15) is 9.67 Å². The van der Waals surface area contributed by atoms with E-state index in [1.165, 1.54) is 29.1 Å². The number of aromatic nitrogens is 4. The van der Waals surface area contributed by atoms with Gasteiger partial charge in [0, 0.05) is 29.0 Å². The Bertz CT molecular complexity index is 1370. The van der Waals surface area contributed by atoms with Crippen molar-refractivity contribution in [1.82, 2.24) is 25.1 Å². The van der Waals surface area contributed by atoms with Crippen molar-refractivity contribution >= 4 is 50.8 Å². The number of carbonyl (C=O) groups is 2. The molecule has 0 aliphatic heterocycles. The predicted molar refractivity (Wildman–Crippen MR) is 126 cm³/mol. The zero-order chi connectivity index (χ0) is 24.6. The van der Waals surface area contributed by atoms with Crippen LogP contribution in [0.1, 0.15) is 42.0 Å². The summed E-state index contributed by atoms with van der Waals surface area (Å²) in [6.45, 7) is 1.67. The van der Waals surface area contributed by atoms with Gasteiger partial charge >= 0.3 is 0 Å². The maximum atomic E-state index is 12.9. The summed E-state index contributed by atoms with van der Waals surface area (Å²) in [5.74, 6) is -0.0413. The maximum Gasteiger partial charge on any atom is 0.251 e. The highest BCUT2D eigenvalue weighted by Gasteiger charge is 2.31. The van der Waals surface area contributed by atoms with Crippen LogP contribution >= 0.6 is 23.2 Å². The fraction of sp³-hybridized carbons (Fsp3) is 0.286. The Morgan fingerprint density at radius 1 is 1.15 bits per heavy atom. The van der Waals surface area contributed by atoms with Crippen molar-refractivity contribution in [2.75, 3.05) is 11.6 Å². The number of halogens is 2. The van der Waals surface area contributed by atoms with Gasteiger partial charge in [-0.25, -0.2) is 13.4 Å². The summed E-state index contributed by atoms with van der Waals surface area (Å²) in [5, 5.41) is 10.3. The fourth-order valence-corrected chi connectivity index (χ4v) is 4.22. The van der Waals surface area contributed by atoms with Gasteiger partial charge in [-0.15, -0.1) is 5.10 Å². The number of benzene rings is 1. The SMILES string of the molecule is CC(NC(=O)c1cc(Cl)cc(S(C)(=O)=O)c1)c1nc(NC(=O)C2CC2)nn1-c1ccc(Cl)cn1. The van der Waals surface area contributed by atoms with Gasteiger partial charge in [-0.3, -0.25) is 14.9 Å². The quantitative estimate of drug-likeness (QED) is 0.485. The van der Waals surface area contributed by atoms with Gasteiger partial charge in [0.05, 0.1) is 16.0 Å². The molecule has 2 amide bonds. The van der Waals surface area contributed by atoms with Crippen molar-refractivity contribution < 1.29 is 18.0 Å². The summed E-state index contributed by atoms with van der Waals surface area (Å²) >= 11 is 12.0. The Hall–Kier alpha value is -3.02. The number of amides is 2. The van der Waals surface area contributed by atoms with Gasteiger partial charge in [0.15, 0.2) is 21.5 Å². The minimum absolute atomic E-state index is 0.0481. The van der Waals surface area contributed by atoms with E-state index in [9.17, 15) is 18.0 Å². The smallest absolute Gasteiger partial charge is 0.251 e. The van der Waals surface area contributed by atoms with Gasteiger partial charge in [0.1, 0.15) is 0 Å². The number of nitrogens with zero attached hydrogens (tertiary/aromatic N) is 4. The van der Waals surface area contributed by atoms with Crippen LogP contribution in [0.2, 0.25) is 10.0 Å². The van der Waals surface area contributed by atoms with Crippen LogP contribution in [0.15, 0.2) is 41.4 Å².